The van der Waals surface area contributed by atoms with Crippen LogP contribution in [0.1, 0.15) is 21.6 Å². The lowest BCUT2D eigenvalue weighted by Crippen LogP contribution is -2.06. The Bertz CT molecular complexity index is 628. The van der Waals surface area contributed by atoms with Gasteiger partial charge in [-0.1, -0.05) is 6.07 Å². The van der Waals surface area contributed by atoms with E-state index < -0.39 is 5.24 Å². The highest BCUT2D eigenvalue weighted by atomic mass is 35.5. The molecule has 0 saturated carbocycles. The van der Waals surface area contributed by atoms with Crippen LogP contribution >= 0.6 is 11.6 Å². The first-order valence-corrected chi connectivity index (χ1v) is 6.41. The number of carbonyl (C=O) groups is 1. The molecule has 1 aromatic heterocycles. The largest absolute Gasteiger partial charge is 0.496 e. The van der Waals surface area contributed by atoms with Gasteiger partial charge in [0.05, 0.1) is 12.8 Å². The second-order valence-electron chi connectivity index (χ2n) is 4.14. The lowest BCUT2D eigenvalue weighted by atomic mass is 10.1. The number of benzene rings is 1. The Balaban J connectivity index is 2.29. The third kappa shape index (κ3) is 3.08. The van der Waals surface area contributed by atoms with Gasteiger partial charge in [0.15, 0.2) is 0 Å². The van der Waals surface area contributed by atoms with Crippen LogP contribution in [-0.2, 0) is 6.61 Å². The molecule has 2 aromatic rings. The number of ether oxygens (including phenoxy) is 2. The lowest BCUT2D eigenvalue weighted by molar-refractivity contribution is 0.107. The van der Waals surface area contributed by atoms with Gasteiger partial charge in [0, 0.05) is 17.3 Å². The van der Waals surface area contributed by atoms with E-state index in [2.05, 4.69) is 4.98 Å². The van der Waals surface area contributed by atoms with Gasteiger partial charge in [-0.3, -0.25) is 9.78 Å². The standard InChI is InChI=1S/C15H14ClNO3/c1-10-13(7-4-8-17-10)20-9-12-11(15(16)18)5-3-6-14(12)19-2/h3-8H,9H2,1-2H3. The fourth-order valence-corrected chi connectivity index (χ4v) is 2.04. The Hall–Kier alpha value is -2.07. The van der Waals surface area contributed by atoms with Gasteiger partial charge in [0.1, 0.15) is 18.1 Å². The molecule has 2 rings (SSSR count). The van der Waals surface area contributed by atoms with E-state index in [4.69, 9.17) is 21.1 Å². The number of hydrogen-bond donors (Lipinski definition) is 0. The van der Waals surface area contributed by atoms with Crippen molar-refractivity contribution >= 4 is 16.8 Å². The van der Waals surface area contributed by atoms with Crippen LogP contribution in [0.2, 0.25) is 0 Å². The average molecular weight is 292 g/mol. The zero-order valence-electron chi connectivity index (χ0n) is 11.2. The van der Waals surface area contributed by atoms with Crippen LogP contribution in [0.4, 0.5) is 0 Å². The minimum absolute atomic E-state index is 0.185. The first kappa shape index (κ1) is 14.3. The summed E-state index contributed by atoms with van der Waals surface area (Å²) in [6.07, 6.45) is 1.69. The fraction of sp³-hybridized carbons (Fsp3) is 0.200. The first-order chi connectivity index (χ1) is 9.63. The number of methoxy groups -OCH3 is 1. The van der Waals surface area contributed by atoms with Gasteiger partial charge in [0.25, 0.3) is 5.24 Å². The molecular weight excluding hydrogens is 278 g/mol. The average Bonchev–Trinajstić information content (AvgIpc) is 2.46. The highest BCUT2D eigenvalue weighted by Gasteiger charge is 2.15. The molecule has 4 nitrogen and oxygen atoms in total. The Morgan fingerprint density at radius 1 is 1.25 bits per heavy atom. The topological polar surface area (TPSA) is 48.4 Å². The third-order valence-corrected chi connectivity index (χ3v) is 3.10. The summed E-state index contributed by atoms with van der Waals surface area (Å²) in [7, 11) is 1.54. The molecule has 5 heteroatoms. The number of nitrogens with zero attached hydrogens (tertiary/aromatic N) is 1. The molecule has 0 aliphatic carbocycles. The summed E-state index contributed by atoms with van der Waals surface area (Å²) in [6.45, 7) is 2.04. The van der Waals surface area contributed by atoms with E-state index in [1.807, 2.05) is 13.0 Å². The summed E-state index contributed by atoms with van der Waals surface area (Å²) in [4.78, 5) is 15.6. The number of pyridine rings is 1. The van der Waals surface area contributed by atoms with Crippen molar-refractivity contribution in [2.45, 2.75) is 13.5 Å². The van der Waals surface area contributed by atoms with Crippen LogP contribution < -0.4 is 9.47 Å². The lowest BCUT2D eigenvalue weighted by Gasteiger charge is -2.13. The molecule has 20 heavy (non-hydrogen) atoms. The molecule has 0 saturated heterocycles. The van der Waals surface area contributed by atoms with Crippen molar-refractivity contribution in [1.82, 2.24) is 4.98 Å². The molecule has 0 aliphatic rings. The van der Waals surface area contributed by atoms with E-state index in [-0.39, 0.29) is 6.61 Å². The molecule has 0 radical (unpaired) electrons. The minimum Gasteiger partial charge on any atom is -0.496 e. The monoisotopic (exact) mass is 291 g/mol. The first-order valence-electron chi connectivity index (χ1n) is 6.03. The van der Waals surface area contributed by atoms with Crippen LogP contribution in [-0.4, -0.2) is 17.3 Å². The molecule has 1 heterocycles. The van der Waals surface area contributed by atoms with Crippen molar-refractivity contribution in [3.63, 3.8) is 0 Å². The van der Waals surface area contributed by atoms with E-state index in [0.717, 1.165) is 5.69 Å². The highest BCUT2D eigenvalue weighted by Crippen LogP contribution is 2.26. The number of aromatic nitrogens is 1. The third-order valence-electron chi connectivity index (χ3n) is 2.90. The van der Waals surface area contributed by atoms with Gasteiger partial charge in [0.2, 0.25) is 0 Å². The maximum Gasteiger partial charge on any atom is 0.252 e. The molecule has 0 atom stereocenters. The normalized spacial score (nSPS) is 10.2. The Labute approximate surface area is 122 Å². The Morgan fingerprint density at radius 2 is 2.00 bits per heavy atom. The fourth-order valence-electron chi connectivity index (χ4n) is 1.86. The Morgan fingerprint density at radius 3 is 2.65 bits per heavy atom. The quantitative estimate of drug-likeness (QED) is 0.793. The summed E-state index contributed by atoms with van der Waals surface area (Å²) in [6, 6.07) is 8.73. The Kier molecular flexibility index (Phi) is 4.58. The second-order valence-corrected chi connectivity index (χ2v) is 4.48. The molecule has 0 amide bonds. The number of rotatable bonds is 5. The van der Waals surface area contributed by atoms with E-state index in [1.54, 1.807) is 30.5 Å². The number of halogens is 1. The van der Waals surface area contributed by atoms with Gasteiger partial charge in [-0.25, -0.2) is 0 Å². The molecule has 0 fully saturated rings. The number of aryl methyl sites for hydroxylation is 1. The highest BCUT2D eigenvalue weighted by molar-refractivity contribution is 6.68. The van der Waals surface area contributed by atoms with Crippen molar-refractivity contribution in [3.05, 3.63) is 53.3 Å². The summed E-state index contributed by atoms with van der Waals surface area (Å²) in [5.41, 5.74) is 1.78. The summed E-state index contributed by atoms with van der Waals surface area (Å²) in [5.74, 6) is 1.23. The van der Waals surface area contributed by atoms with E-state index in [1.165, 1.54) is 7.11 Å². The molecule has 0 aliphatic heterocycles. The van der Waals surface area contributed by atoms with Gasteiger partial charge in [-0.15, -0.1) is 0 Å². The van der Waals surface area contributed by atoms with Crippen LogP contribution in [0.25, 0.3) is 0 Å². The van der Waals surface area contributed by atoms with Crippen LogP contribution in [0.5, 0.6) is 11.5 Å². The predicted octanol–water partition coefficient (Wildman–Crippen LogP) is 3.36. The van der Waals surface area contributed by atoms with Crippen molar-refractivity contribution in [3.8, 4) is 11.5 Å². The van der Waals surface area contributed by atoms with Gasteiger partial charge in [-0.2, -0.15) is 0 Å². The smallest absolute Gasteiger partial charge is 0.252 e. The molecule has 104 valence electrons. The zero-order valence-corrected chi connectivity index (χ0v) is 12.0. The molecule has 0 bridgehead atoms. The SMILES string of the molecule is COc1cccc(C(=O)Cl)c1COc1cccnc1C. The molecule has 1 aromatic carbocycles. The van der Waals surface area contributed by atoms with E-state index >= 15 is 0 Å². The van der Waals surface area contributed by atoms with Gasteiger partial charge >= 0.3 is 0 Å². The maximum atomic E-state index is 11.5. The van der Waals surface area contributed by atoms with Gasteiger partial charge in [-0.05, 0) is 42.8 Å². The van der Waals surface area contributed by atoms with Crippen LogP contribution in [0.3, 0.4) is 0 Å². The number of hydrogen-bond acceptors (Lipinski definition) is 4. The van der Waals surface area contributed by atoms with Crippen molar-refractivity contribution in [2.75, 3.05) is 7.11 Å². The summed E-state index contributed by atoms with van der Waals surface area (Å²) >= 11 is 5.59. The van der Waals surface area contributed by atoms with Crippen LogP contribution in [0.15, 0.2) is 36.5 Å². The minimum atomic E-state index is -0.537. The summed E-state index contributed by atoms with van der Waals surface area (Å²) in [5, 5.41) is -0.537. The van der Waals surface area contributed by atoms with Crippen molar-refractivity contribution in [2.24, 2.45) is 0 Å². The van der Waals surface area contributed by atoms with Crippen LogP contribution in [0, 0.1) is 6.92 Å². The van der Waals surface area contributed by atoms with E-state index in [9.17, 15) is 4.79 Å². The van der Waals surface area contributed by atoms with E-state index in [0.29, 0.717) is 22.6 Å². The zero-order chi connectivity index (χ0) is 14.5. The molecule has 0 N–H and O–H groups in total. The maximum absolute atomic E-state index is 11.5. The summed E-state index contributed by atoms with van der Waals surface area (Å²) < 4.78 is 11.0. The predicted molar refractivity (Wildman–Crippen MR) is 76.5 cm³/mol. The number of carbonyl (C=O) groups excluding carboxylic acids is 1. The van der Waals surface area contributed by atoms with Gasteiger partial charge < -0.3 is 9.47 Å². The van der Waals surface area contributed by atoms with Crippen molar-refractivity contribution in [1.29, 1.82) is 0 Å². The molecule has 0 spiro atoms. The molecule has 0 unspecified atom stereocenters. The molecular formula is C15H14ClNO3. The second kappa shape index (κ2) is 6.39. The van der Waals surface area contributed by atoms with Crippen molar-refractivity contribution < 1.29 is 14.3 Å².